The summed E-state index contributed by atoms with van der Waals surface area (Å²) in [6.07, 6.45) is 10.0. The Balaban J connectivity index is 2.83. The summed E-state index contributed by atoms with van der Waals surface area (Å²) in [5.74, 6) is 5.83. The van der Waals surface area contributed by atoms with Crippen molar-refractivity contribution in [3.8, 4) is 11.8 Å². The van der Waals surface area contributed by atoms with Gasteiger partial charge in [0.1, 0.15) is 0 Å². The van der Waals surface area contributed by atoms with Gasteiger partial charge in [-0.1, -0.05) is 44.9 Å². The monoisotopic (exact) mass is 151 g/mol. The molecule has 11 heavy (non-hydrogen) atoms. The zero-order chi connectivity index (χ0) is 8.36. The summed E-state index contributed by atoms with van der Waals surface area (Å²) >= 11 is 0. The Hall–Kier alpha value is -0.440. The molecular weight excluding hydrogens is 132 g/mol. The van der Waals surface area contributed by atoms with E-state index in [2.05, 4.69) is 25.2 Å². The van der Waals surface area contributed by atoms with E-state index < -0.39 is 0 Å². The molecular formula is C11H19. The van der Waals surface area contributed by atoms with Gasteiger partial charge in [-0.15, -0.1) is 5.92 Å². The van der Waals surface area contributed by atoms with Crippen molar-refractivity contribution >= 4 is 0 Å². The van der Waals surface area contributed by atoms with E-state index in [9.17, 15) is 0 Å². The van der Waals surface area contributed by atoms with Crippen LogP contribution in [0.3, 0.4) is 0 Å². The van der Waals surface area contributed by atoms with E-state index in [1.807, 2.05) is 6.92 Å². The molecule has 63 valence electrons. The minimum absolute atomic E-state index is 1.17. The predicted octanol–water partition coefficient (Wildman–Crippen LogP) is 3.57. The Morgan fingerprint density at radius 1 is 1.09 bits per heavy atom. The summed E-state index contributed by atoms with van der Waals surface area (Å²) < 4.78 is 0. The van der Waals surface area contributed by atoms with E-state index in [4.69, 9.17) is 0 Å². The molecule has 0 N–H and O–H groups in total. The van der Waals surface area contributed by atoms with Gasteiger partial charge >= 0.3 is 0 Å². The second-order valence-corrected chi connectivity index (χ2v) is 2.80. The van der Waals surface area contributed by atoms with Crippen LogP contribution in [0.2, 0.25) is 0 Å². The maximum absolute atomic E-state index is 2.96. The summed E-state index contributed by atoms with van der Waals surface area (Å²) in [7, 11) is 0. The van der Waals surface area contributed by atoms with Crippen molar-refractivity contribution in [1.82, 2.24) is 0 Å². The van der Waals surface area contributed by atoms with Crippen molar-refractivity contribution in [1.29, 1.82) is 0 Å². The first kappa shape index (κ1) is 10.6. The Morgan fingerprint density at radius 3 is 2.45 bits per heavy atom. The normalized spacial score (nSPS) is 8.91. The number of hydrogen-bond donors (Lipinski definition) is 0. The topological polar surface area (TPSA) is 0 Å². The molecule has 0 aliphatic carbocycles. The molecule has 0 saturated carbocycles. The van der Waals surface area contributed by atoms with Crippen LogP contribution in [0.15, 0.2) is 0 Å². The fourth-order valence-corrected chi connectivity index (χ4v) is 1.02. The molecule has 0 aromatic heterocycles. The third-order valence-corrected chi connectivity index (χ3v) is 1.70. The highest BCUT2D eigenvalue weighted by Gasteiger charge is 1.87. The van der Waals surface area contributed by atoms with Gasteiger partial charge in [-0.25, -0.2) is 0 Å². The van der Waals surface area contributed by atoms with Gasteiger partial charge in [-0.3, -0.25) is 0 Å². The van der Waals surface area contributed by atoms with Gasteiger partial charge in [0.15, 0.2) is 0 Å². The van der Waals surface area contributed by atoms with Crippen LogP contribution < -0.4 is 0 Å². The molecule has 0 saturated heterocycles. The molecule has 0 rings (SSSR count). The average Bonchev–Trinajstić information content (AvgIpc) is 2.03. The second-order valence-electron chi connectivity index (χ2n) is 2.80. The van der Waals surface area contributed by atoms with Crippen LogP contribution in [0.1, 0.15) is 52.4 Å². The van der Waals surface area contributed by atoms with Crippen molar-refractivity contribution in [2.45, 2.75) is 52.4 Å². The third kappa shape index (κ3) is 9.56. The van der Waals surface area contributed by atoms with Crippen LogP contribution in [-0.4, -0.2) is 0 Å². The van der Waals surface area contributed by atoms with E-state index >= 15 is 0 Å². The quantitative estimate of drug-likeness (QED) is 0.402. The summed E-state index contributed by atoms with van der Waals surface area (Å²) in [6, 6.07) is 0. The van der Waals surface area contributed by atoms with Gasteiger partial charge in [-0.05, 0) is 13.3 Å². The van der Waals surface area contributed by atoms with E-state index in [1.54, 1.807) is 0 Å². The van der Waals surface area contributed by atoms with E-state index in [-0.39, 0.29) is 0 Å². The van der Waals surface area contributed by atoms with Gasteiger partial charge in [0, 0.05) is 6.42 Å². The number of rotatable bonds is 6. The Morgan fingerprint density at radius 2 is 1.82 bits per heavy atom. The van der Waals surface area contributed by atoms with Crippen LogP contribution >= 0.6 is 0 Å². The highest BCUT2D eigenvalue weighted by atomic mass is 13.9. The summed E-state index contributed by atoms with van der Waals surface area (Å²) in [4.78, 5) is 0. The first-order chi connectivity index (χ1) is 5.41. The minimum atomic E-state index is 1.17. The molecule has 0 amide bonds. The molecule has 0 unspecified atom stereocenters. The fourth-order valence-electron chi connectivity index (χ4n) is 1.02. The second kappa shape index (κ2) is 9.56. The molecule has 0 aliphatic rings. The molecule has 0 aliphatic heterocycles. The summed E-state index contributed by atoms with van der Waals surface area (Å²) in [5.41, 5.74) is 0. The van der Waals surface area contributed by atoms with Crippen LogP contribution in [0, 0.1) is 18.3 Å². The molecule has 0 fully saturated rings. The lowest BCUT2D eigenvalue weighted by molar-refractivity contribution is 0.633. The maximum Gasteiger partial charge on any atom is 0.0340 e. The molecule has 0 spiro atoms. The van der Waals surface area contributed by atoms with Crippen LogP contribution in [0.25, 0.3) is 0 Å². The van der Waals surface area contributed by atoms with Crippen molar-refractivity contribution in [3.63, 3.8) is 0 Å². The highest BCUT2D eigenvalue weighted by Crippen LogP contribution is 2.05. The Bertz CT molecular complexity index is 114. The molecule has 0 aromatic rings. The van der Waals surface area contributed by atoms with Crippen LogP contribution in [0.5, 0.6) is 0 Å². The molecule has 0 aromatic carbocycles. The smallest absolute Gasteiger partial charge is 0.0340 e. The van der Waals surface area contributed by atoms with Gasteiger partial charge in [0.2, 0.25) is 0 Å². The summed E-state index contributed by atoms with van der Waals surface area (Å²) in [5, 5.41) is 0. The highest BCUT2D eigenvalue weighted by molar-refractivity contribution is 5.06. The van der Waals surface area contributed by atoms with Gasteiger partial charge in [0.05, 0.1) is 0 Å². The van der Waals surface area contributed by atoms with E-state index in [0.29, 0.717) is 0 Å². The first-order valence-electron chi connectivity index (χ1n) is 4.65. The Kier molecular flexibility index (Phi) is 9.18. The van der Waals surface area contributed by atoms with E-state index in [1.165, 1.54) is 38.5 Å². The SMILES string of the molecule is CC#C[CH]CCCCCCC. The summed E-state index contributed by atoms with van der Waals surface area (Å²) in [6.45, 7) is 4.13. The van der Waals surface area contributed by atoms with Crippen LogP contribution in [0.4, 0.5) is 0 Å². The lowest BCUT2D eigenvalue weighted by Gasteiger charge is -1.95. The van der Waals surface area contributed by atoms with Crippen molar-refractivity contribution < 1.29 is 0 Å². The molecule has 0 bridgehead atoms. The molecule has 0 heterocycles. The standard InChI is InChI=1S/C11H19/c1-3-5-7-9-11-10-8-6-4-2/h8H,3,5,7,9-11H2,1-2H3. The largest absolute Gasteiger partial charge is 0.106 e. The predicted molar refractivity (Wildman–Crippen MR) is 51.1 cm³/mol. The zero-order valence-electron chi connectivity index (χ0n) is 7.82. The lowest BCUT2D eigenvalue weighted by Crippen LogP contribution is -1.77. The van der Waals surface area contributed by atoms with Crippen molar-refractivity contribution in [2.24, 2.45) is 0 Å². The number of hydrogen-bond acceptors (Lipinski definition) is 0. The average molecular weight is 151 g/mol. The first-order valence-corrected chi connectivity index (χ1v) is 4.65. The minimum Gasteiger partial charge on any atom is -0.106 e. The number of unbranched alkanes of at least 4 members (excludes halogenated alkanes) is 6. The van der Waals surface area contributed by atoms with Gasteiger partial charge in [-0.2, -0.15) is 0 Å². The molecule has 0 atom stereocenters. The maximum atomic E-state index is 2.96. The lowest BCUT2D eigenvalue weighted by atomic mass is 10.1. The third-order valence-electron chi connectivity index (χ3n) is 1.70. The van der Waals surface area contributed by atoms with Crippen LogP contribution in [-0.2, 0) is 0 Å². The fraction of sp³-hybridized carbons (Fsp3) is 0.727. The van der Waals surface area contributed by atoms with Gasteiger partial charge in [0.25, 0.3) is 0 Å². The van der Waals surface area contributed by atoms with E-state index in [0.717, 1.165) is 0 Å². The van der Waals surface area contributed by atoms with Crippen molar-refractivity contribution in [2.75, 3.05) is 0 Å². The molecule has 0 nitrogen and oxygen atoms in total. The molecule has 1 radical (unpaired) electrons. The Labute approximate surface area is 71.4 Å². The van der Waals surface area contributed by atoms with Gasteiger partial charge < -0.3 is 0 Å². The van der Waals surface area contributed by atoms with Crippen molar-refractivity contribution in [3.05, 3.63) is 6.42 Å². The zero-order valence-corrected chi connectivity index (χ0v) is 7.82. The molecule has 0 heteroatoms.